The zero-order chi connectivity index (χ0) is 10.6. The van der Waals surface area contributed by atoms with Crippen LogP contribution in [0, 0.1) is 6.92 Å². The molecule has 0 radical (unpaired) electrons. The van der Waals surface area contributed by atoms with Gasteiger partial charge in [-0.2, -0.15) is 0 Å². The maximum atomic E-state index is 11.1. The molecule has 0 unspecified atom stereocenters. The Balaban J connectivity index is 2.80. The number of phenols is 1. The van der Waals surface area contributed by atoms with E-state index in [9.17, 15) is 9.90 Å². The van der Waals surface area contributed by atoms with Crippen LogP contribution in [0.1, 0.15) is 5.56 Å². The van der Waals surface area contributed by atoms with E-state index >= 15 is 0 Å². The van der Waals surface area contributed by atoms with E-state index in [4.69, 9.17) is 0 Å². The first-order valence-electron chi connectivity index (χ1n) is 4.11. The molecule has 4 nitrogen and oxygen atoms in total. The second kappa shape index (κ2) is 4.32. The summed E-state index contributed by atoms with van der Waals surface area (Å²) in [5.74, 6) is 0.0369. The van der Waals surface area contributed by atoms with Crippen LogP contribution in [0.15, 0.2) is 31.0 Å². The average molecular weight is 192 g/mol. The first-order valence-corrected chi connectivity index (χ1v) is 4.11. The van der Waals surface area contributed by atoms with E-state index in [0.717, 1.165) is 5.56 Å². The number of nitrogens with one attached hydrogen (secondary N) is 2. The minimum atomic E-state index is -0.430. The number of carbonyl (C=O) groups is 1. The molecule has 0 aliphatic carbocycles. The lowest BCUT2D eigenvalue weighted by Gasteiger charge is -2.07. The second-order valence-electron chi connectivity index (χ2n) is 2.82. The Morgan fingerprint density at radius 3 is 2.93 bits per heavy atom. The Hall–Kier alpha value is -1.97. The summed E-state index contributed by atoms with van der Waals surface area (Å²) in [7, 11) is 0. The molecule has 0 atom stereocenters. The molecule has 1 aromatic carbocycles. The number of hydrogen-bond acceptors (Lipinski definition) is 2. The Morgan fingerprint density at radius 2 is 2.29 bits per heavy atom. The van der Waals surface area contributed by atoms with E-state index in [-0.39, 0.29) is 5.75 Å². The molecular formula is C10H12N2O2. The molecule has 0 aromatic heterocycles. The van der Waals surface area contributed by atoms with Crippen molar-refractivity contribution >= 4 is 11.7 Å². The van der Waals surface area contributed by atoms with Crippen LogP contribution in [0.2, 0.25) is 0 Å². The van der Waals surface area contributed by atoms with E-state index < -0.39 is 6.03 Å². The maximum absolute atomic E-state index is 11.1. The van der Waals surface area contributed by atoms with E-state index in [0.29, 0.717) is 5.69 Å². The van der Waals surface area contributed by atoms with Gasteiger partial charge < -0.3 is 15.7 Å². The highest BCUT2D eigenvalue weighted by Crippen LogP contribution is 2.23. The highest BCUT2D eigenvalue weighted by Gasteiger charge is 2.04. The number of carbonyl (C=O) groups excluding carboxylic acids is 1. The highest BCUT2D eigenvalue weighted by atomic mass is 16.3. The van der Waals surface area contributed by atoms with Crippen LogP contribution in [0.25, 0.3) is 0 Å². The fraction of sp³-hybridized carbons (Fsp3) is 0.100. The number of phenolic OH excluding ortho intramolecular Hbond substituents is 1. The summed E-state index contributed by atoms with van der Waals surface area (Å²) < 4.78 is 0. The maximum Gasteiger partial charge on any atom is 0.323 e. The van der Waals surface area contributed by atoms with Crippen molar-refractivity contribution < 1.29 is 9.90 Å². The van der Waals surface area contributed by atoms with Gasteiger partial charge in [0.25, 0.3) is 0 Å². The van der Waals surface area contributed by atoms with Crippen molar-refractivity contribution in [2.45, 2.75) is 6.92 Å². The lowest BCUT2D eigenvalue weighted by Crippen LogP contribution is -2.23. The number of hydrogen-bond donors (Lipinski definition) is 3. The SMILES string of the molecule is C=CNC(=O)Nc1cc(C)ccc1O. The molecular weight excluding hydrogens is 180 g/mol. The smallest absolute Gasteiger partial charge is 0.323 e. The Kier molecular flexibility index (Phi) is 3.12. The summed E-state index contributed by atoms with van der Waals surface area (Å²) in [6.45, 7) is 5.22. The van der Waals surface area contributed by atoms with Gasteiger partial charge in [0.1, 0.15) is 5.75 Å². The number of rotatable bonds is 2. The summed E-state index contributed by atoms with van der Waals surface area (Å²) in [6, 6.07) is 4.53. The predicted molar refractivity (Wildman–Crippen MR) is 55.2 cm³/mol. The molecule has 0 spiro atoms. The van der Waals surface area contributed by atoms with Crippen LogP contribution in [-0.2, 0) is 0 Å². The van der Waals surface area contributed by atoms with Gasteiger partial charge in [0.05, 0.1) is 5.69 Å². The van der Waals surface area contributed by atoms with E-state index in [1.54, 1.807) is 12.1 Å². The van der Waals surface area contributed by atoms with Crippen LogP contribution in [0.4, 0.5) is 10.5 Å². The van der Waals surface area contributed by atoms with Gasteiger partial charge in [-0.15, -0.1) is 0 Å². The van der Waals surface area contributed by atoms with Crippen molar-refractivity contribution in [2.24, 2.45) is 0 Å². The van der Waals surface area contributed by atoms with Crippen LogP contribution in [0.3, 0.4) is 0 Å². The first-order chi connectivity index (χ1) is 6.63. The normalized spacial score (nSPS) is 9.21. The predicted octanol–water partition coefficient (Wildman–Crippen LogP) is 1.97. The van der Waals surface area contributed by atoms with Crippen molar-refractivity contribution in [3.63, 3.8) is 0 Å². The first kappa shape index (κ1) is 10.1. The molecule has 3 N–H and O–H groups in total. The molecule has 4 heteroatoms. The van der Waals surface area contributed by atoms with Gasteiger partial charge in [0.2, 0.25) is 0 Å². The largest absolute Gasteiger partial charge is 0.506 e. The van der Waals surface area contributed by atoms with Gasteiger partial charge in [0, 0.05) is 0 Å². The Labute approximate surface area is 82.3 Å². The van der Waals surface area contributed by atoms with E-state index in [1.807, 2.05) is 6.92 Å². The molecule has 74 valence electrons. The minimum absolute atomic E-state index is 0.0369. The lowest BCUT2D eigenvalue weighted by atomic mass is 10.2. The van der Waals surface area contributed by atoms with Gasteiger partial charge in [-0.05, 0) is 30.8 Å². The van der Waals surface area contributed by atoms with Crippen molar-refractivity contribution in [2.75, 3.05) is 5.32 Å². The van der Waals surface area contributed by atoms with Crippen LogP contribution >= 0.6 is 0 Å². The van der Waals surface area contributed by atoms with Crippen LogP contribution in [0.5, 0.6) is 5.75 Å². The van der Waals surface area contributed by atoms with Gasteiger partial charge in [0.15, 0.2) is 0 Å². The molecule has 1 aromatic rings. The molecule has 0 fully saturated rings. The molecule has 1 rings (SSSR count). The summed E-state index contributed by atoms with van der Waals surface area (Å²) in [5.41, 5.74) is 1.33. The third-order valence-corrected chi connectivity index (χ3v) is 1.63. The summed E-state index contributed by atoms with van der Waals surface area (Å²) in [5, 5.41) is 14.2. The molecule has 0 aliphatic heterocycles. The average Bonchev–Trinajstić information content (AvgIpc) is 2.12. The fourth-order valence-electron chi connectivity index (χ4n) is 1.00. The standard InChI is InChI=1S/C10H12N2O2/c1-3-11-10(14)12-8-6-7(2)4-5-9(8)13/h3-6,13H,1H2,2H3,(H2,11,12,14). The molecule has 0 heterocycles. The topological polar surface area (TPSA) is 61.4 Å². The van der Waals surface area contributed by atoms with Gasteiger partial charge in [-0.25, -0.2) is 4.79 Å². The summed E-state index contributed by atoms with van der Waals surface area (Å²) in [4.78, 5) is 11.1. The van der Waals surface area contributed by atoms with Crippen molar-refractivity contribution in [3.05, 3.63) is 36.5 Å². The zero-order valence-electron chi connectivity index (χ0n) is 7.87. The van der Waals surface area contributed by atoms with Gasteiger partial charge in [-0.3, -0.25) is 0 Å². The molecule has 0 bridgehead atoms. The van der Waals surface area contributed by atoms with E-state index in [1.165, 1.54) is 12.3 Å². The number of amides is 2. The molecule has 14 heavy (non-hydrogen) atoms. The van der Waals surface area contributed by atoms with Crippen LogP contribution < -0.4 is 10.6 Å². The molecule has 0 saturated carbocycles. The second-order valence-corrected chi connectivity index (χ2v) is 2.82. The molecule has 2 amide bonds. The number of urea groups is 1. The number of benzene rings is 1. The van der Waals surface area contributed by atoms with Gasteiger partial charge in [-0.1, -0.05) is 12.6 Å². The third-order valence-electron chi connectivity index (χ3n) is 1.63. The summed E-state index contributed by atoms with van der Waals surface area (Å²) >= 11 is 0. The number of aromatic hydroxyl groups is 1. The highest BCUT2D eigenvalue weighted by molar-refractivity contribution is 5.91. The number of aryl methyl sites for hydroxylation is 1. The quantitative estimate of drug-likeness (QED) is 0.627. The Bertz CT molecular complexity index is 361. The lowest BCUT2D eigenvalue weighted by molar-refractivity contribution is 0.255. The molecule has 0 aliphatic rings. The van der Waals surface area contributed by atoms with Gasteiger partial charge >= 0.3 is 6.03 Å². The van der Waals surface area contributed by atoms with Crippen molar-refractivity contribution in [1.82, 2.24) is 5.32 Å². The zero-order valence-corrected chi connectivity index (χ0v) is 7.87. The fourth-order valence-corrected chi connectivity index (χ4v) is 1.00. The van der Waals surface area contributed by atoms with E-state index in [2.05, 4.69) is 17.2 Å². The molecule has 0 saturated heterocycles. The third kappa shape index (κ3) is 2.52. The Morgan fingerprint density at radius 1 is 1.57 bits per heavy atom. The summed E-state index contributed by atoms with van der Waals surface area (Å²) in [6.07, 6.45) is 1.27. The number of anilines is 1. The van der Waals surface area contributed by atoms with Crippen LogP contribution in [-0.4, -0.2) is 11.1 Å². The van der Waals surface area contributed by atoms with Crippen molar-refractivity contribution in [3.8, 4) is 5.75 Å². The van der Waals surface area contributed by atoms with Crippen molar-refractivity contribution in [1.29, 1.82) is 0 Å². The minimum Gasteiger partial charge on any atom is -0.506 e. The monoisotopic (exact) mass is 192 g/mol.